The molecular weight excluding hydrogens is 154 g/mol. The van der Waals surface area contributed by atoms with Gasteiger partial charge in [0.25, 0.3) is 0 Å². The SMILES string of the molecule is O=C(O)CCC[C@H]1CCCNC1. The van der Waals surface area contributed by atoms with Crippen LogP contribution >= 0.6 is 0 Å². The molecule has 0 bridgehead atoms. The van der Waals surface area contributed by atoms with Gasteiger partial charge < -0.3 is 10.4 Å². The molecule has 2 N–H and O–H groups in total. The molecule has 0 spiro atoms. The second kappa shape index (κ2) is 5.14. The zero-order valence-electron chi connectivity index (χ0n) is 7.38. The Kier molecular flexibility index (Phi) is 4.08. The summed E-state index contributed by atoms with van der Waals surface area (Å²) in [5.74, 6) is 0.0527. The van der Waals surface area contributed by atoms with E-state index in [0.29, 0.717) is 6.42 Å². The topological polar surface area (TPSA) is 49.3 Å². The van der Waals surface area contributed by atoms with Crippen LogP contribution in [0.2, 0.25) is 0 Å². The number of hydrogen-bond acceptors (Lipinski definition) is 2. The van der Waals surface area contributed by atoms with E-state index in [1.807, 2.05) is 0 Å². The van der Waals surface area contributed by atoms with Crippen molar-refractivity contribution < 1.29 is 9.90 Å². The summed E-state index contributed by atoms with van der Waals surface area (Å²) in [5, 5.41) is 11.8. The molecule has 1 aliphatic heterocycles. The number of piperidine rings is 1. The van der Waals surface area contributed by atoms with E-state index in [2.05, 4.69) is 5.32 Å². The first-order valence-electron chi connectivity index (χ1n) is 4.71. The van der Waals surface area contributed by atoms with Crippen molar-refractivity contribution in [2.24, 2.45) is 5.92 Å². The summed E-state index contributed by atoms with van der Waals surface area (Å²) in [6.45, 7) is 2.22. The first-order valence-corrected chi connectivity index (χ1v) is 4.71. The molecule has 3 heteroatoms. The number of carboxylic acids is 1. The molecule has 0 amide bonds. The molecule has 0 aliphatic carbocycles. The number of nitrogens with one attached hydrogen (secondary N) is 1. The second-order valence-corrected chi connectivity index (χ2v) is 3.50. The summed E-state index contributed by atoms with van der Waals surface area (Å²) >= 11 is 0. The molecule has 1 atom stereocenters. The third kappa shape index (κ3) is 3.72. The molecule has 1 rings (SSSR count). The summed E-state index contributed by atoms with van der Waals surface area (Å²) in [6.07, 6.45) is 4.75. The van der Waals surface area contributed by atoms with E-state index in [4.69, 9.17) is 5.11 Å². The number of hydrogen-bond donors (Lipinski definition) is 2. The van der Waals surface area contributed by atoms with Gasteiger partial charge in [-0.05, 0) is 44.7 Å². The normalized spacial score (nSPS) is 23.8. The molecule has 0 aromatic rings. The number of aliphatic carboxylic acids is 1. The van der Waals surface area contributed by atoms with Gasteiger partial charge in [-0.1, -0.05) is 0 Å². The van der Waals surface area contributed by atoms with Gasteiger partial charge in [0.2, 0.25) is 0 Å². The first kappa shape index (κ1) is 9.52. The zero-order chi connectivity index (χ0) is 8.81. The van der Waals surface area contributed by atoms with Crippen LogP contribution in [0.1, 0.15) is 32.1 Å². The van der Waals surface area contributed by atoms with E-state index in [1.54, 1.807) is 0 Å². The molecule has 0 aromatic carbocycles. The highest BCUT2D eigenvalue weighted by Crippen LogP contribution is 2.16. The first-order chi connectivity index (χ1) is 5.79. The Balaban J connectivity index is 2.01. The van der Waals surface area contributed by atoms with Crippen LogP contribution in [-0.2, 0) is 4.79 Å². The third-order valence-electron chi connectivity index (χ3n) is 2.40. The largest absolute Gasteiger partial charge is 0.481 e. The molecule has 0 saturated carbocycles. The van der Waals surface area contributed by atoms with Gasteiger partial charge in [0, 0.05) is 6.42 Å². The summed E-state index contributed by atoms with van der Waals surface area (Å²) in [5.41, 5.74) is 0. The molecule has 1 saturated heterocycles. The van der Waals surface area contributed by atoms with Crippen LogP contribution in [0.5, 0.6) is 0 Å². The lowest BCUT2D eigenvalue weighted by Gasteiger charge is -2.22. The average Bonchev–Trinajstić information content (AvgIpc) is 2.05. The predicted molar refractivity (Wildman–Crippen MR) is 47.1 cm³/mol. The van der Waals surface area contributed by atoms with Crippen LogP contribution in [0.25, 0.3) is 0 Å². The summed E-state index contributed by atoms with van der Waals surface area (Å²) in [4.78, 5) is 10.2. The van der Waals surface area contributed by atoms with Gasteiger partial charge in [0.15, 0.2) is 0 Å². The third-order valence-corrected chi connectivity index (χ3v) is 2.40. The Morgan fingerprint density at radius 1 is 1.58 bits per heavy atom. The maximum Gasteiger partial charge on any atom is 0.303 e. The molecule has 3 nitrogen and oxygen atoms in total. The quantitative estimate of drug-likeness (QED) is 0.669. The minimum Gasteiger partial charge on any atom is -0.481 e. The number of carbonyl (C=O) groups is 1. The fraction of sp³-hybridized carbons (Fsp3) is 0.889. The molecule has 0 radical (unpaired) electrons. The van der Waals surface area contributed by atoms with Gasteiger partial charge in [-0.2, -0.15) is 0 Å². The van der Waals surface area contributed by atoms with Gasteiger partial charge in [-0.3, -0.25) is 4.79 Å². The molecule has 1 fully saturated rings. The average molecular weight is 171 g/mol. The molecule has 1 aliphatic rings. The molecule has 0 aromatic heterocycles. The minimum absolute atomic E-state index is 0.330. The van der Waals surface area contributed by atoms with Gasteiger partial charge >= 0.3 is 5.97 Å². The van der Waals surface area contributed by atoms with Crippen molar-refractivity contribution in [3.05, 3.63) is 0 Å². The van der Waals surface area contributed by atoms with Crippen molar-refractivity contribution >= 4 is 5.97 Å². The Bertz CT molecular complexity index is 141. The van der Waals surface area contributed by atoms with E-state index >= 15 is 0 Å². The van der Waals surface area contributed by atoms with Crippen molar-refractivity contribution in [1.29, 1.82) is 0 Å². The van der Waals surface area contributed by atoms with E-state index in [9.17, 15) is 4.79 Å². The summed E-state index contributed by atoms with van der Waals surface area (Å²) in [6, 6.07) is 0. The highest BCUT2D eigenvalue weighted by Gasteiger charge is 2.12. The van der Waals surface area contributed by atoms with Gasteiger partial charge in [-0.25, -0.2) is 0 Å². The maximum absolute atomic E-state index is 10.2. The lowest BCUT2D eigenvalue weighted by molar-refractivity contribution is -0.137. The smallest absolute Gasteiger partial charge is 0.303 e. The Morgan fingerprint density at radius 2 is 2.42 bits per heavy atom. The number of carboxylic acid groups (broad SMARTS) is 1. The van der Waals surface area contributed by atoms with Crippen molar-refractivity contribution in [3.63, 3.8) is 0 Å². The van der Waals surface area contributed by atoms with Crippen LogP contribution in [0.15, 0.2) is 0 Å². The Hall–Kier alpha value is -0.570. The highest BCUT2D eigenvalue weighted by molar-refractivity contribution is 5.66. The standard InChI is InChI=1S/C9H17NO2/c11-9(12)5-1-3-8-4-2-6-10-7-8/h8,10H,1-7H2,(H,11,12)/t8-/m0/s1. The Morgan fingerprint density at radius 3 is 3.00 bits per heavy atom. The zero-order valence-corrected chi connectivity index (χ0v) is 7.38. The molecular formula is C9H17NO2. The van der Waals surface area contributed by atoms with Crippen molar-refractivity contribution in [3.8, 4) is 0 Å². The summed E-state index contributed by atoms with van der Waals surface area (Å²) < 4.78 is 0. The van der Waals surface area contributed by atoms with E-state index in [1.165, 1.54) is 12.8 Å². The highest BCUT2D eigenvalue weighted by atomic mass is 16.4. The van der Waals surface area contributed by atoms with Gasteiger partial charge in [-0.15, -0.1) is 0 Å². The molecule has 70 valence electrons. The molecule has 12 heavy (non-hydrogen) atoms. The van der Waals surface area contributed by atoms with E-state index in [-0.39, 0.29) is 0 Å². The fourth-order valence-corrected chi connectivity index (χ4v) is 1.71. The molecule has 0 unspecified atom stereocenters. The van der Waals surface area contributed by atoms with Crippen molar-refractivity contribution in [2.45, 2.75) is 32.1 Å². The monoisotopic (exact) mass is 171 g/mol. The molecule has 1 heterocycles. The van der Waals surface area contributed by atoms with E-state index in [0.717, 1.165) is 31.8 Å². The lowest BCUT2D eigenvalue weighted by atomic mass is 9.94. The van der Waals surface area contributed by atoms with E-state index < -0.39 is 5.97 Å². The van der Waals surface area contributed by atoms with Crippen LogP contribution in [0, 0.1) is 5.92 Å². The summed E-state index contributed by atoms with van der Waals surface area (Å²) in [7, 11) is 0. The number of rotatable bonds is 4. The van der Waals surface area contributed by atoms with Crippen molar-refractivity contribution in [1.82, 2.24) is 5.32 Å². The maximum atomic E-state index is 10.2. The van der Waals surface area contributed by atoms with Gasteiger partial charge in [0.05, 0.1) is 0 Å². The predicted octanol–water partition coefficient (Wildman–Crippen LogP) is 1.24. The van der Waals surface area contributed by atoms with Crippen LogP contribution < -0.4 is 5.32 Å². The Labute approximate surface area is 73.2 Å². The van der Waals surface area contributed by atoms with Gasteiger partial charge in [0.1, 0.15) is 0 Å². The van der Waals surface area contributed by atoms with Crippen LogP contribution in [0.4, 0.5) is 0 Å². The van der Waals surface area contributed by atoms with Crippen LogP contribution in [0.3, 0.4) is 0 Å². The second-order valence-electron chi connectivity index (χ2n) is 3.50. The fourth-order valence-electron chi connectivity index (χ4n) is 1.71. The lowest BCUT2D eigenvalue weighted by Crippen LogP contribution is -2.29. The van der Waals surface area contributed by atoms with Crippen molar-refractivity contribution in [2.75, 3.05) is 13.1 Å². The minimum atomic E-state index is -0.668. The van der Waals surface area contributed by atoms with Crippen LogP contribution in [-0.4, -0.2) is 24.2 Å².